The van der Waals surface area contributed by atoms with Gasteiger partial charge in [0.1, 0.15) is 0 Å². The number of aliphatic carboxylic acids is 1. The Bertz CT molecular complexity index is 121. The molecule has 9 heavy (non-hydrogen) atoms. The number of carbonyl (C=O) groups is 2. The Labute approximate surface area is 52.7 Å². The third kappa shape index (κ3) is 4.96. The average molecular weight is 129 g/mol. The molecule has 0 bridgehead atoms. The molecule has 0 rings (SSSR count). The number of carbonyl (C=O) groups excluding carboxylic acids is 1. The maximum Gasteiger partial charge on any atom is 0.303 e. The van der Waals surface area contributed by atoms with E-state index in [4.69, 9.17) is 10.8 Å². The topological polar surface area (TPSA) is 76.7 Å². The van der Waals surface area contributed by atoms with E-state index in [1.807, 2.05) is 0 Å². The monoisotopic (exact) mass is 129 g/mol. The second-order valence-corrected chi connectivity index (χ2v) is 1.59. The van der Waals surface area contributed by atoms with Crippen LogP contribution in [0.1, 0.15) is 12.8 Å². The highest BCUT2D eigenvalue weighted by Gasteiger charge is 2.02. The normalized spacial score (nSPS) is 9.00. The molecule has 0 saturated heterocycles. The van der Waals surface area contributed by atoms with Crippen LogP contribution in [0.25, 0.3) is 0 Å². The zero-order chi connectivity index (χ0) is 7.28. The first-order valence-electron chi connectivity index (χ1n) is 2.51. The smallest absolute Gasteiger partial charge is 0.303 e. The van der Waals surface area contributed by atoms with Gasteiger partial charge in [-0.15, -0.1) is 5.73 Å². The van der Waals surface area contributed by atoms with Crippen LogP contribution in [-0.2, 0) is 9.59 Å². The fraction of sp³-hybridized carbons (Fsp3) is 0.600. The van der Waals surface area contributed by atoms with Crippen LogP contribution in [0.3, 0.4) is 0 Å². The van der Waals surface area contributed by atoms with Gasteiger partial charge in [0.2, 0.25) is 0 Å². The third-order valence-corrected chi connectivity index (χ3v) is 0.794. The van der Waals surface area contributed by atoms with Crippen LogP contribution in [0.5, 0.6) is 0 Å². The summed E-state index contributed by atoms with van der Waals surface area (Å²) < 4.78 is 0. The summed E-state index contributed by atoms with van der Waals surface area (Å²) >= 11 is 0. The van der Waals surface area contributed by atoms with Gasteiger partial charge in [-0.05, 0) is 0 Å². The van der Waals surface area contributed by atoms with Gasteiger partial charge in [-0.2, -0.15) is 0 Å². The maximum absolute atomic E-state index is 10.2. The van der Waals surface area contributed by atoms with Crippen molar-refractivity contribution in [1.82, 2.24) is 5.73 Å². The van der Waals surface area contributed by atoms with E-state index in [0.29, 0.717) is 0 Å². The van der Waals surface area contributed by atoms with Crippen molar-refractivity contribution in [3.05, 3.63) is 0 Å². The van der Waals surface area contributed by atoms with E-state index in [-0.39, 0.29) is 12.8 Å². The highest BCUT2D eigenvalue weighted by atomic mass is 16.4. The standard InChI is InChI=1S/C5H7NO3/c6-3-4(7)1-2-5(8)9/h1-3H2,(H,8,9). The molecule has 0 fully saturated rings. The van der Waals surface area contributed by atoms with Gasteiger partial charge in [-0.25, -0.2) is 0 Å². The fourth-order valence-corrected chi connectivity index (χ4v) is 0.325. The van der Waals surface area contributed by atoms with Crippen molar-refractivity contribution in [2.75, 3.05) is 6.54 Å². The van der Waals surface area contributed by atoms with Crippen molar-refractivity contribution in [3.8, 4) is 0 Å². The Balaban J connectivity index is 3.28. The average Bonchev–Trinajstić information content (AvgIpc) is 1.83. The van der Waals surface area contributed by atoms with E-state index in [2.05, 4.69) is 0 Å². The highest BCUT2D eigenvalue weighted by molar-refractivity contribution is 5.83. The van der Waals surface area contributed by atoms with Gasteiger partial charge in [0.15, 0.2) is 5.78 Å². The predicted octanol–water partition coefficient (Wildman–Crippen LogP) is -0.511. The van der Waals surface area contributed by atoms with Crippen molar-refractivity contribution in [2.45, 2.75) is 12.8 Å². The van der Waals surface area contributed by atoms with Crippen LogP contribution < -0.4 is 5.73 Å². The molecule has 0 aliphatic heterocycles. The minimum atomic E-state index is -1.02. The van der Waals surface area contributed by atoms with Gasteiger partial charge < -0.3 is 5.11 Å². The Hall–Kier alpha value is -0.900. The summed E-state index contributed by atoms with van der Waals surface area (Å²) in [5.41, 5.74) is 8.11. The Morgan fingerprint density at radius 1 is 1.33 bits per heavy atom. The van der Waals surface area contributed by atoms with E-state index >= 15 is 0 Å². The molecular formula is C5H7NO3. The number of nitrogens with zero attached hydrogens (tertiary/aromatic N) is 1. The number of hydrogen-bond donors (Lipinski definition) is 1. The fourth-order valence-electron chi connectivity index (χ4n) is 0.325. The zero-order valence-electron chi connectivity index (χ0n) is 4.83. The Morgan fingerprint density at radius 3 is 2.22 bits per heavy atom. The van der Waals surface area contributed by atoms with E-state index in [1.54, 1.807) is 0 Å². The first kappa shape index (κ1) is 8.10. The second kappa shape index (κ2) is 4.03. The van der Waals surface area contributed by atoms with E-state index in [1.165, 1.54) is 0 Å². The largest absolute Gasteiger partial charge is 0.481 e. The number of rotatable bonds is 4. The van der Waals surface area contributed by atoms with Crippen LogP contribution in [0.2, 0.25) is 0 Å². The Kier molecular flexibility index (Phi) is 3.62. The van der Waals surface area contributed by atoms with Gasteiger partial charge >= 0.3 is 5.97 Å². The number of ketones is 1. The molecule has 0 aliphatic rings. The summed E-state index contributed by atoms with van der Waals surface area (Å²) in [5, 5.41) is 8.02. The lowest BCUT2D eigenvalue weighted by Gasteiger charge is -1.89. The Morgan fingerprint density at radius 2 is 1.89 bits per heavy atom. The first-order chi connectivity index (χ1) is 4.16. The van der Waals surface area contributed by atoms with E-state index in [9.17, 15) is 9.59 Å². The first-order valence-corrected chi connectivity index (χ1v) is 2.51. The van der Waals surface area contributed by atoms with Gasteiger partial charge in [-0.1, -0.05) is 0 Å². The number of Topliss-reactive ketones (excluding diaryl/α,β-unsaturated/α-hetero) is 1. The lowest BCUT2D eigenvalue weighted by Crippen LogP contribution is -2.07. The second-order valence-electron chi connectivity index (χ2n) is 1.59. The minimum absolute atomic E-state index is 0.0775. The minimum Gasteiger partial charge on any atom is -0.481 e. The van der Waals surface area contributed by atoms with E-state index < -0.39 is 18.3 Å². The van der Waals surface area contributed by atoms with Gasteiger partial charge in [0.25, 0.3) is 0 Å². The molecule has 0 saturated carbocycles. The molecule has 0 amide bonds. The maximum atomic E-state index is 10.2. The van der Waals surface area contributed by atoms with Crippen molar-refractivity contribution >= 4 is 11.8 Å². The van der Waals surface area contributed by atoms with Crippen LogP contribution in [0.15, 0.2) is 0 Å². The quantitative estimate of drug-likeness (QED) is 0.555. The number of carboxylic acid groups (broad SMARTS) is 1. The SMILES string of the molecule is [N]CC(=O)CCC(=O)O. The molecule has 0 aromatic rings. The summed E-state index contributed by atoms with van der Waals surface area (Å²) in [4.78, 5) is 20.0. The molecule has 4 heteroatoms. The van der Waals surface area contributed by atoms with Crippen molar-refractivity contribution in [2.24, 2.45) is 0 Å². The molecule has 2 radical (unpaired) electrons. The van der Waals surface area contributed by atoms with Gasteiger partial charge in [0.05, 0.1) is 13.0 Å². The van der Waals surface area contributed by atoms with Crippen LogP contribution >= 0.6 is 0 Å². The van der Waals surface area contributed by atoms with Crippen molar-refractivity contribution in [1.29, 1.82) is 0 Å². The van der Waals surface area contributed by atoms with Crippen LogP contribution in [0.4, 0.5) is 0 Å². The molecule has 0 aromatic heterocycles. The molecule has 0 heterocycles. The van der Waals surface area contributed by atoms with Gasteiger partial charge in [-0.3, -0.25) is 9.59 Å². The molecule has 0 aliphatic carbocycles. The summed E-state index contributed by atoms with van der Waals surface area (Å²) in [7, 11) is 0. The van der Waals surface area contributed by atoms with Crippen LogP contribution in [-0.4, -0.2) is 23.4 Å². The summed E-state index contributed by atoms with van der Waals surface area (Å²) in [6.45, 7) is -0.562. The van der Waals surface area contributed by atoms with Crippen molar-refractivity contribution < 1.29 is 14.7 Å². The van der Waals surface area contributed by atoms with Crippen molar-refractivity contribution in [3.63, 3.8) is 0 Å². The third-order valence-electron chi connectivity index (χ3n) is 0.794. The lowest BCUT2D eigenvalue weighted by atomic mass is 10.2. The molecule has 0 spiro atoms. The van der Waals surface area contributed by atoms with E-state index in [0.717, 1.165) is 0 Å². The lowest BCUT2D eigenvalue weighted by molar-refractivity contribution is -0.138. The molecule has 1 N–H and O–H groups in total. The number of carboxylic acids is 1. The van der Waals surface area contributed by atoms with Gasteiger partial charge in [0, 0.05) is 6.42 Å². The highest BCUT2D eigenvalue weighted by Crippen LogP contribution is 1.88. The molecule has 0 aromatic carbocycles. The molecule has 0 atom stereocenters. The predicted molar refractivity (Wildman–Crippen MR) is 28.9 cm³/mol. The molecule has 4 nitrogen and oxygen atoms in total. The zero-order valence-corrected chi connectivity index (χ0v) is 4.83. The molecule has 0 unspecified atom stereocenters. The molecule has 50 valence electrons. The summed E-state index contributed by atoms with van der Waals surface area (Å²) in [6, 6.07) is 0. The summed E-state index contributed by atoms with van der Waals surface area (Å²) in [5.74, 6) is -1.45. The number of hydrogen-bond acceptors (Lipinski definition) is 2. The molecular weight excluding hydrogens is 122 g/mol. The van der Waals surface area contributed by atoms with Crippen LogP contribution in [0, 0.1) is 0 Å². The summed E-state index contributed by atoms with van der Waals surface area (Å²) in [6.07, 6.45) is -0.273.